The van der Waals surface area contributed by atoms with Crippen LogP contribution in [-0.2, 0) is 4.79 Å². The van der Waals surface area contributed by atoms with Crippen LogP contribution < -0.4 is 0 Å². The van der Waals surface area contributed by atoms with Gasteiger partial charge >= 0.3 is 0 Å². The summed E-state index contributed by atoms with van der Waals surface area (Å²) >= 11 is 5.29. The van der Waals surface area contributed by atoms with Gasteiger partial charge in [0.25, 0.3) is 5.91 Å². The van der Waals surface area contributed by atoms with E-state index in [1.807, 2.05) is 52.8 Å². The number of rotatable bonds is 2. The van der Waals surface area contributed by atoms with Gasteiger partial charge in [0.2, 0.25) is 5.91 Å². The van der Waals surface area contributed by atoms with Crippen molar-refractivity contribution in [2.45, 2.75) is 31.1 Å². The van der Waals surface area contributed by atoms with E-state index in [9.17, 15) is 9.59 Å². The van der Waals surface area contributed by atoms with E-state index < -0.39 is 0 Å². The number of carbonyl (C=O) groups is 2. The molecule has 0 saturated carbocycles. The molecule has 0 radical (unpaired) electrons. The molecule has 2 saturated heterocycles. The zero-order valence-corrected chi connectivity index (χ0v) is 15.7. The lowest BCUT2D eigenvalue weighted by Gasteiger charge is -2.44. The number of amides is 2. The fourth-order valence-corrected chi connectivity index (χ4v) is 5.11. The highest BCUT2D eigenvalue weighted by Gasteiger charge is 2.46. The molecule has 0 aromatic heterocycles. The van der Waals surface area contributed by atoms with Crippen molar-refractivity contribution >= 4 is 39.5 Å². The van der Waals surface area contributed by atoms with Crippen molar-refractivity contribution in [3.63, 3.8) is 0 Å². The van der Waals surface area contributed by atoms with E-state index >= 15 is 0 Å². The van der Waals surface area contributed by atoms with E-state index in [2.05, 4.69) is 15.9 Å². The van der Waals surface area contributed by atoms with Gasteiger partial charge in [-0.15, -0.1) is 11.8 Å². The van der Waals surface area contributed by atoms with Gasteiger partial charge in [-0.25, -0.2) is 0 Å². The first kappa shape index (κ1) is 16.8. The molecular formula is C17H21BrN2O2S. The third-order valence-electron chi connectivity index (χ3n) is 4.71. The molecule has 0 bridgehead atoms. The van der Waals surface area contributed by atoms with Crippen LogP contribution in [0.15, 0.2) is 28.7 Å². The molecule has 0 unspecified atom stereocenters. The van der Waals surface area contributed by atoms with Crippen molar-refractivity contribution in [2.24, 2.45) is 0 Å². The van der Waals surface area contributed by atoms with Crippen molar-refractivity contribution in [1.82, 2.24) is 9.80 Å². The number of halogens is 1. The summed E-state index contributed by atoms with van der Waals surface area (Å²) in [5, 5.41) is 0. The van der Waals surface area contributed by atoms with Crippen LogP contribution in [-0.4, -0.2) is 51.9 Å². The van der Waals surface area contributed by atoms with Gasteiger partial charge in [-0.3, -0.25) is 9.59 Å². The van der Waals surface area contributed by atoms with Gasteiger partial charge in [0.15, 0.2) is 0 Å². The third-order valence-corrected chi connectivity index (χ3v) is 6.80. The van der Waals surface area contributed by atoms with Gasteiger partial charge in [-0.2, -0.15) is 0 Å². The quantitative estimate of drug-likeness (QED) is 0.769. The van der Waals surface area contributed by atoms with Gasteiger partial charge in [-0.1, -0.05) is 22.9 Å². The van der Waals surface area contributed by atoms with Crippen molar-refractivity contribution in [3.8, 4) is 0 Å². The normalized spacial score (nSPS) is 20.1. The molecule has 2 fully saturated rings. The Hall–Kier alpha value is -1.01. The van der Waals surface area contributed by atoms with Crippen LogP contribution in [0.3, 0.4) is 0 Å². The molecule has 1 aromatic rings. The average molecular weight is 397 g/mol. The Labute approximate surface area is 149 Å². The topological polar surface area (TPSA) is 40.6 Å². The molecule has 2 aliphatic rings. The third kappa shape index (κ3) is 3.29. The molecule has 1 aromatic carbocycles. The predicted molar refractivity (Wildman–Crippen MR) is 96.5 cm³/mol. The lowest BCUT2D eigenvalue weighted by molar-refractivity contribution is -0.132. The molecule has 23 heavy (non-hydrogen) atoms. The van der Waals surface area contributed by atoms with Crippen molar-refractivity contribution < 1.29 is 9.59 Å². The van der Waals surface area contributed by atoms with Crippen LogP contribution in [0.1, 0.15) is 36.5 Å². The predicted octanol–water partition coefficient (Wildman–Crippen LogP) is 3.37. The highest BCUT2D eigenvalue weighted by atomic mass is 79.9. The number of nitrogens with zero attached hydrogens (tertiary/aromatic N) is 2. The minimum Gasteiger partial charge on any atom is -0.342 e. The maximum Gasteiger partial charge on any atom is 0.254 e. The number of benzene rings is 1. The standard InChI is InChI=1S/C17H21BrN2O2S/c1-2-15(21)19-9-7-17(8-10-19)20(11-12-23-17)16(22)13-3-5-14(18)6-4-13/h3-6H,2,7-12H2,1H3. The fraction of sp³-hybridized carbons (Fsp3) is 0.529. The van der Waals surface area contributed by atoms with Crippen molar-refractivity contribution in [3.05, 3.63) is 34.3 Å². The zero-order chi connectivity index (χ0) is 16.4. The van der Waals surface area contributed by atoms with Crippen molar-refractivity contribution in [2.75, 3.05) is 25.4 Å². The number of piperidine rings is 1. The second-order valence-electron chi connectivity index (χ2n) is 5.99. The smallest absolute Gasteiger partial charge is 0.254 e. The molecule has 6 heteroatoms. The Morgan fingerprint density at radius 3 is 2.43 bits per heavy atom. The Morgan fingerprint density at radius 2 is 1.83 bits per heavy atom. The van der Waals surface area contributed by atoms with Gasteiger partial charge < -0.3 is 9.80 Å². The molecule has 0 aliphatic carbocycles. The maximum absolute atomic E-state index is 12.9. The lowest BCUT2D eigenvalue weighted by atomic mass is 10.0. The first-order valence-corrected chi connectivity index (χ1v) is 9.83. The Bertz CT molecular complexity index is 597. The molecule has 124 valence electrons. The van der Waals surface area contributed by atoms with E-state index in [1.54, 1.807) is 0 Å². The molecule has 4 nitrogen and oxygen atoms in total. The number of hydrogen-bond acceptors (Lipinski definition) is 3. The Morgan fingerprint density at radius 1 is 1.17 bits per heavy atom. The minimum atomic E-state index is -0.130. The van der Waals surface area contributed by atoms with Crippen LogP contribution >= 0.6 is 27.7 Å². The molecule has 1 spiro atoms. The minimum absolute atomic E-state index is 0.109. The molecule has 2 amide bonds. The maximum atomic E-state index is 12.9. The molecule has 2 aliphatic heterocycles. The van der Waals surface area contributed by atoms with E-state index in [-0.39, 0.29) is 16.7 Å². The second kappa shape index (κ2) is 6.85. The molecule has 2 heterocycles. The molecule has 3 rings (SSSR count). The number of carbonyl (C=O) groups excluding carboxylic acids is 2. The highest BCUT2D eigenvalue weighted by molar-refractivity contribution is 9.10. The summed E-state index contributed by atoms with van der Waals surface area (Å²) in [7, 11) is 0. The van der Waals surface area contributed by atoms with Gasteiger partial charge in [0, 0.05) is 41.8 Å². The van der Waals surface area contributed by atoms with E-state index in [4.69, 9.17) is 0 Å². The SMILES string of the molecule is CCC(=O)N1CCC2(CC1)SCCN2C(=O)c1ccc(Br)cc1. The van der Waals surface area contributed by atoms with Crippen LogP contribution in [0, 0.1) is 0 Å². The van der Waals surface area contributed by atoms with E-state index in [0.29, 0.717) is 6.42 Å². The summed E-state index contributed by atoms with van der Waals surface area (Å²) in [6, 6.07) is 7.56. The zero-order valence-electron chi connectivity index (χ0n) is 13.3. The number of hydrogen-bond donors (Lipinski definition) is 0. The van der Waals surface area contributed by atoms with Gasteiger partial charge in [0.05, 0.1) is 4.87 Å². The lowest BCUT2D eigenvalue weighted by Crippen LogP contribution is -2.53. The van der Waals surface area contributed by atoms with Crippen LogP contribution in [0.5, 0.6) is 0 Å². The number of likely N-dealkylation sites (tertiary alicyclic amines) is 1. The van der Waals surface area contributed by atoms with Gasteiger partial charge in [-0.05, 0) is 37.1 Å². The fourth-order valence-electron chi connectivity index (χ4n) is 3.39. The van der Waals surface area contributed by atoms with Crippen LogP contribution in [0.4, 0.5) is 0 Å². The van der Waals surface area contributed by atoms with Crippen LogP contribution in [0.25, 0.3) is 0 Å². The first-order chi connectivity index (χ1) is 11.1. The van der Waals surface area contributed by atoms with Gasteiger partial charge in [0.1, 0.15) is 0 Å². The Kier molecular flexibility index (Phi) is 5.01. The molecule has 0 atom stereocenters. The van der Waals surface area contributed by atoms with Crippen LogP contribution in [0.2, 0.25) is 0 Å². The highest BCUT2D eigenvalue weighted by Crippen LogP contribution is 2.44. The van der Waals surface area contributed by atoms with E-state index in [1.165, 1.54) is 0 Å². The summed E-state index contributed by atoms with van der Waals surface area (Å²) in [5.41, 5.74) is 0.738. The average Bonchev–Trinajstić information content (AvgIpc) is 2.98. The largest absolute Gasteiger partial charge is 0.342 e. The first-order valence-electron chi connectivity index (χ1n) is 8.05. The number of thioether (sulfide) groups is 1. The summed E-state index contributed by atoms with van der Waals surface area (Å²) in [6.45, 7) is 4.20. The summed E-state index contributed by atoms with van der Waals surface area (Å²) < 4.78 is 0.978. The van der Waals surface area contributed by atoms with Crippen molar-refractivity contribution in [1.29, 1.82) is 0 Å². The monoisotopic (exact) mass is 396 g/mol. The summed E-state index contributed by atoms with van der Waals surface area (Å²) in [6.07, 6.45) is 2.29. The summed E-state index contributed by atoms with van der Waals surface area (Å²) in [4.78, 5) is 28.6. The summed E-state index contributed by atoms with van der Waals surface area (Å²) in [5.74, 6) is 1.30. The second-order valence-corrected chi connectivity index (χ2v) is 8.37. The Balaban J connectivity index is 1.74. The van der Waals surface area contributed by atoms with E-state index in [0.717, 1.165) is 48.3 Å². The molecule has 0 N–H and O–H groups in total. The molecular weight excluding hydrogens is 376 g/mol.